The molecule has 1 aromatic heterocycles. The van der Waals surface area contributed by atoms with Crippen molar-refractivity contribution in [2.75, 3.05) is 7.05 Å². The minimum atomic E-state index is -0.0360. The molecule has 1 unspecified atom stereocenters. The summed E-state index contributed by atoms with van der Waals surface area (Å²) in [6.07, 6.45) is 1.70. The first kappa shape index (κ1) is 15.4. The Labute approximate surface area is 129 Å². The van der Waals surface area contributed by atoms with Gasteiger partial charge < -0.3 is 5.32 Å². The third kappa shape index (κ3) is 2.71. The van der Waals surface area contributed by atoms with Crippen LogP contribution in [0.3, 0.4) is 0 Å². The Hall–Kier alpha value is -1.03. The monoisotopic (exact) mass is 311 g/mol. The molecule has 1 aromatic carbocycles. The van der Waals surface area contributed by atoms with Gasteiger partial charge in [-0.1, -0.05) is 35.3 Å². The quantitative estimate of drug-likeness (QED) is 0.907. The lowest BCUT2D eigenvalue weighted by atomic mass is 9.98. The Bertz CT molecular complexity index is 605. The Kier molecular flexibility index (Phi) is 4.74. The molecule has 1 N–H and O–H groups in total. The number of rotatable bonds is 4. The molecule has 2 rings (SSSR count). The molecule has 108 valence electrons. The van der Waals surface area contributed by atoms with E-state index in [1.165, 1.54) is 0 Å². The van der Waals surface area contributed by atoms with E-state index in [1.54, 1.807) is 6.20 Å². The van der Waals surface area contributed by atoms with Gasteiger partial charge in [-0.15, -0.1) is 0 Å². The maximum absolute atomic E-state index is 6.35. The molecule has 20 heavy (non-hydrogen) atoms. The highest BCUT2D eigenvalue weighted by molar-refractivity contribution is 6.31. The molecule has 0 amide bonds. The van der Waals surface area contributed by atoms with Gasteiger partial charge in [0, 0.05) is 11.1 Å². The number of hydrogen-bond donors (Lipinski definition) is 1. The molecular weight excluding hydrogens is 293 g/mol. The van der Waals surface area contributed by atoms with Crippen LogP contribution >= 0.6 is 23.2 Å². The zero-order valence-corrected chi connectivity index (χ0v) is 13.6. The second-order valence-corrected chi connectivity index (χ2v) is 5.91. The molecule has 0 aliphatic rings. The summed E-state index contributed by atoms with van der Waals surface area (Å²) in [6, 6.07) is 6.13. The van der Waals surface area contributed by atoms with E-state index in [4.69, 9.17) is 23.2 Å². The van der Waals surface area contributed by atoms with E-state index in [9.17, 15) is 0 Å². The van der Waals surface area contributed by atoms with Gasteiger partial charge in [-0.05, 0) is 45.0 Å². The first-order valence-corrected chi connectivity index (χ1v) is 7.38. The molecule has 0 fully saturated rings. The lowest BCUT2D eigenvalue weighted by molar-refractivity contribution is 0.483. The molecule has 0 bridgehead atoms. The highest BCUT2D eigenvalue weighted by Crippen LogP contribution is 2.33. The van der Waals surface area contributed by atoms with Gasteiger partial charge in [-0.25, -0.2) is 0 Å². The summed E-state index contributed by atoms with van der Waals surface area (Å²) < 4.78 is 1.95. The molecule has 0 saturated heterocycles. The van der Waals surface area contributed by atoms with Crippen LogP contribution < -0.4 is 5.32 Å². The molecule has 0 saturated carbocycles. The topological polar surface area (TPSA) is 29.9 Å². The van der Waals surface area contributed by atoms with Gasteiger partial charge in [0.05, 0.1) is 23.0 Å². The molecule has 0 aliphatic heterocycles. The highest BCUT2D eigenvalue weighted by Gasteiger charge is 2.23. The molecule has 0 spiro atoms. The van der Waals surface area contributed by atoms with Crippen LogP contribution in [0.2, 0.25) is 10.0 Å². The summed E-state index contributed by atoms with van der Waals surface area (Å²) in [5.74, 6) is 0. The molecule has 3 nitrogen and oxygen atoms in total. The van der Waals surface area contributed by atoms with Crippen molar-refractivity contribution in [2.24, 2.45) is 0 Å². The lowest BCUT2D eigenvalue weighted by Crippen LogP contribution is -2.23. The molecular formula is C15H19Cl2N3. The minimum Gasteiger partial charge on any atom is -0.308 e. The lowest BCUT2D eigenvalue weighted by Gasteiger charge is -2.23. The van der Waals surface area contributed by atoms with Crippen molar-refractivity contribution in [3.8, 4) is 0 Å². The van der Waals surface area contributed by atoms with E-state index >= 15 is 0 Å². The standard InChI is InChI=1S/C15H19Cl2N3/c1-9(2)20-15(13(17)8-19-20)14(18-4)11-6-5-7-12(16)10(11)3/h5-9,14,18H,1-4H3. The average molecular weight is 312 g/mol. The van der Waals surface area contributed by atoms with Crippen LogP contribution in [0.15, 0.2) is 24.4 Å². The van der Waals surface area contributed by atoms with Crippen LogP contribution in [0.25, 0.3) is 0 Å². The predicted molar refractivity (Wildman–Crippen MR) is 84.7 cm³/mol. The first-order valence-electron chi connectivity index (χ1n) is 6.62. The number of nitrogens with one attached hydrogen (secondary N) is 1. The van der Waals surface area contributed by atoms with E-state index in [1.807, 2.05) is 30.8 Å². The van der Waals surface area contributed by atoms with Crippen molar-refractivity contribution in [2.45, 2.75) is 32.9 Å². The largest absolute Gasteiger partial charge is 0.308 e. The van der Waals surface area contributed by atoms with Crippen molar-refractivity contribution >= 4 is 23.2 Å². The number of halogens is 2. The van der Waals surface area contributed by atoms with E-state index in [0.717, 1.165) is 21.8 Å². The number of aromatic nitrogens is 2. The molecule has 0 radical (unpaired) electrons. The zero-order valence-electron chi connectivity index (χ0n) is 12.1. The van der Waals surface area contributed by atoms with Crippen LogP contribution in [-0.4, -0.2) is 16.8 Å². The van der Waals surface area contributed by atoms with Gasteiger partial charge in [-0.2, -0.15) is 5.10 Å². The Morgan fingerprint density at radius 2 is 1.90 bits per heavy atom. The molecule has 0 aliphatic carbocycles. The Morgan fingerprint density at radius 3 is 2.50 bits per heavy atom. The Balaban J connectivity index is 2.58. The van der Waals surface area contributed by atoms with Crippen molar-refractivity contribution in [3.05, 3.63) is 51.3 Å². The van der Waals surface area contributed by atoms with E-state index in [-0.39, 0.29) is 12.1 Å². The first-order chi connectivity index (χ1) is 9.47. The van der Waals surface area contributed by atoms with Gasteiger partial charge in [0.2, 0.25) is 0 Å². The minimum absolute atomic E-state index is 0.0360. The summed E-state index contributed by atoms with van der Waals surface area (Å²) >= 11 is 12.6. The van der Waals surface area contributed by atoms with E-state index in [2.05, 4.69) is 30.3 Å². The Morgan fingerprint density at radius 1 is 1.20 bits per heavy atom. The highest BCUT2D eigenvalue weighted by atomic mass is 35.5. The fraction of sp³-hybridized carbons (Fsp3) is 0.400. The molecule has 5 heteroatoms. The summed E-state index contributed by atoms with van der Waals surface area (Å²) in [5.41, 5.74) is 3.14. The van der Waals surface area contributed by atoms with E-state index in [0.29, 0.717) is 5.02 Å². The summed E-state index contributed by atoms with van der Waals surface area (Å²) in [5, 5.41) is 9.12. The predicted octanol–water partition coefficient (Wildman–Crippen LogP) is 4.39. The number of benzene rings is 1. The smallest absolute Gasteiger partial charge is 0.0837 e. The number of hydrogen-bond acceptors (Lipinski definition) is 2. The second-order valence-electron chi connectivity index (χ2n) is 5.09. The fourth-order valence-corrected chi connectivity index (χ4v) is 2.83. The summed E-state index contributed by atoms with van der Waals surface area (Å²) in [6.45, 7) is 6.20. The molecule has 1 heterocycles. The van der Waals surface area contributed by atoms with Crippen molar-refractivity contribution in [1.82, 2.24) is 15.1 Å². The average Bonchev–Trinajstić information content (AvgIpc) is 2.78. The molecule has 2 aromatic rings. The maximum Gasteiger partial charge on any atom is 0.0837 e. The fourth-order valence-electron chi connectivity index (χ4n) is 2.41. The molecule has 1 atom stereocenters. The van der Waals surface area contributed by atoms with Gasteiger partial charge in [-0.3, -0.25) is 4.68 Å². The van der Waals surface area contributed by atoms with Crippen molar-refractivity contribution < 1.29 is 0 Å². The van der Waals surface area contributed by atoms with Crippen molar-refractivity contribution in [1.29, 1.82) is 0 Å². The van der Waals surface area contributed by atoms with Gasteiger partial charge in [0.25, 0.3) is 0 Å². The van der Waals surface area contributed by atoms with Crippen LogP contribution in [0.4, 0.5) is 0 Å². The summed E-state index contributed by atoms with van der Waals surface area (Å²) in [7, 11) is 1.92. The zero-order chi connectivity index (χ0) is 14.9. The van der Waals surface area contributed by atoms with Gasteiger partial charge in [0.1, 0.15) is 0 Å². The third-order valence-corrected chi connectivity index (χ3v) is 4.16. The second kappa shape index (κ2) is 6.17. The van der Waals surface area contributed by atoms with Crippen LogP contribution in [0.5, 0.6) is 0 Å². The maximum atomic E-state index is 6.35. The summed E-state index contributed by atoms with van der Waals surface area (Å²) in [4.78, 5) is 0. The number of nitrogens with zero attached hydrogens (tertiary/aromatic N) is 2. The van der Waals surface area contributed by atoms with Crippen LogP contribution in [0.1, 0.15) is 42.8 Å². The van der Waals surface area contributed by atoms with Gasteiger partial charge in [0.15, 0.2) is 0 Å². The van der Waals surface area contributed by atoms with Crippen molar-refractivity contribution in [3.63, 3.8) is 0 Å². The normalized spacial score (nSPS) is 12.9. The van der Waals surface area contributed by atoms with Crippen LogP contribution in [-0.2, 0) is 0 Å². The van der Waals surface area contributed by atoms with Crippen LogP contribution in [0, 0.1) is 6.92 Å². The van der Waals surface area contributed by atoms with E-state index < -0.39 is 0 Å². The SMILES string of the molecule is CNC(c1cccc(Cl)c1C)c1c(Cl)cnn1C(C)C. The third-order valence-electron chi connectivity index (χ3n) is 3.46. The van der Waals surface area contributed by atoms with Gasteiger partial charge >= 0.3 is 0 Å².